The number of piperidine rings is 2. The summed E-state index contributed by atoms with van der Waals surface area (Å²) in [7, 11) is 0. The van der Waals surface area contributed by atoms with Crippen LogP contribution in [0.2, 0.25) is 0 Å². The molecule has 0 saturated carbocycles. The zero-order valence-corrected chi connectivity index (χ0v) is 17.9. The van der Waals surface area contributed by atoms with E-state index in [0.29, 0.717) is 24.3 Å². The van der Waals surface area contributed by atoms with E-state index in [9.17, 15) is 4.79 Å². The topological polar surface area (TPSA) is 57.3 Å². The Morgan fingerprint density at radius 3 is 2.59 bits per heavy atom. The van der Waals surface area contributed by atoms with Gasteiger partial charge in [-0.05, 0) is 68.3 Å². The number of likely N-dealkylation sites (tertiary alicyclic amines) is 1. The Morgan fingerprint density at radius 1 is 1.26 bits per heavy atom. The van der Waals surface area contributed by atoms with Crippen LogP contribution < -0.4 is 10.6 Å². The van der Waals surface area contributed by atoms with Gasteiger partial charge in [0.1, 0.15) is 0 Å². The van der Waals surface area contributed by atoms with Gasteiger partial charge >= 0.3 is 0 Å². The van der Waals surface area contributed by atoms with Gasteiger partial charge in [0.25, 0.3) is 0 Å². The first-order chi connectivity index (χ1) is 12.2. The molecule has 3 heterocycles. The molecule has 2 aliphatic rings. The molecule has 0 bridgehead atoms. The number of hydrogen-bond donors (Lipinski definition) is 2. The van der Waals surface area contributed by atoms with Crippen LogP contribution in [0.3, 0.4) is 0 Å². The van der Waals surface area contributed by atoms with Crippen molar-refractivity contribution < 1.29 is 4.79 Å². The molecule has 154 valence electrons. The molecule has 0 aliphatic carbocycles. The molecule has 3 rings (SSSR count). The van der Waals surface area contributed by atoms with Gasteiger partial charge in [-0.1, -0.05) is 6.92 Å². The highest BCUT2D eigenvalue weighted by Crippen LogP contribution is 2.22. The van der Waals surface area contributed by atoms with E-state index in [1.54, 1.807) is 0 Å². The van der Waals surface area contributed by atoms with Gasteiger partial charge in [0.05, 0.1) is 0 Å². The van der Waals surface area contributed by atoms with Crippen molar-refractivity contribution in [2.24, 2.45) is 11.8 Å². The summed E-state index contributed by atoms with van der Waals surface area (Å²) >= 11 is 0. The van der Waals surface area contributed by atoms with Gasteiger partial charge in [-0.3, -0.25) is 14.7 Å². The summed E-state index contributed by atoms with van der Waals surface area (Å²) in [5.74, 6) is 1.37. The van der Waals surface area contributed by atoms with Crippen LogP contribution in [-0.2, 0) is 11.3 Å². The molecule has 2 atom stereocenters. The summed E-state index contributed by atoms with van der Waals surface area (Å²) in [6.07, 6.45) is 8.98. The first kappa shape index (κ1) is 24.2. The second-order valence-electron chi connectivity index (χ2n) is 7.76. The third kappa shape index (κ3) is 7.94. The smallest absolute Gasteiger partial charge is 0.220 e. The molecule has 27 heavy (non-hydrogen) atoms. The Hall–Kier alpha value is -0.880. The van der Waals surface area contributed by atoms with E-state index in [1.807, 2.05) is 12.4 Å². The largest absolute Gasteiger partial charge is 0.353 e. The molecular weight excluding hydrogens is 383 g/mol. The predicted octanol–water partition coefficient (Wildman–Crippen LogP) is 3.03. The SMILES string of the molecule is CC(CC(=O)NC1CCN(Cc2ccncc2)CC1)C1CCCNC1.Cl.Cl. The minimum absolute atomic E-state index is 0. The predicted molar refractivity (Wildman–Crippen MR) is 115 cm³/mol. The van der Waals surface area contributed by atoms with Crippen molar-refractivity contribution in [2.75, 3.05) is 26.2 Å². The summed E-state index contributed by atoms with van der Waals surface area (Å²) in [6, 6.07) is 4.50. The Morgan fingerprint density at radius 2 is 1.96 bits per heavy atom. The minimum atomic E-state index is 0. The van der Waals surface area contributed by atoms with Crippen molar-refractivity contribution in [3.63, 3.8) is 0 Å². The number of carbonyl (C=O) groups is 1. The van der Waals surface area contributed by atoms with Crippen molar-refractivity contribution in [2.45, 2.75) is 51.6 Å². The first-order valence-corrected chi connectivity index (χ1v) is 9.82. The molecule has 7 heteroatoms. The van der Waals surface area contributed by atoms with Crippen molar-refractivity contribution in [3.8, 4) is 0 Å². The van der Waals surface area contributed by atoms with E-state index in [0.717, 1.165) is 45.6 Å². The van der Waals surface area contributed by atoms with Gasteiger partial charge in [0.2, 0.25) is 5.91 Å². The minimum Gasteiger partial charge on any atom is -0.353 e. The Kier molecular flexibility index (Phi) is 11.2. The van der Waals surface area contributed by atoms with E-state index < -0.39 is 0 Å². The van der Waals surface area contributed by atoms with E-state index in [-0.39, 0.29) is 30.7 Å². The number of pyridine rings is 1. The van der Waals surface area contributed by atoms with Crippen LogP contribution in [0.5, 0.6) is 0 Å². The highest BCUT2D eigenvalue weighted by atomic mass is 35.5. The van der Waals surface area contributed by atoms with Crippen LogP contribution >= 0.6 is 24.8 Å². The molecule has 2 unspecified atom stereocenters. The van der Waals surface area contributed by atoms with Crippen molar-refractivity contribution in [3.05, 3.63) is 30.1 Å². The number of aromatic nitrogens is 1. The number of amides is 1. The number of nitrogens with one attached hydrogen (secondary N) is 2. The summed E-state index contributed by atoms with van der Waals surface area (Å²) in [5, 5.41) is 6.73. The fourth-order valence-corrected chi connectivity index (χ4v) is 4.09. The van der Waals surface area contributed by atoms with Crippen LogP contribution in [0.4, 0.5) is 0 Å². The van der Waals surface area contributed by atoms with Crippen LogP contribution in [0.25, 0.3) is 0 Å². The van der Waals surface area contributed by atoms with Gasteiger partial charge in [0, 0.05) is 44.5 Å². The van der Waals surface area contributed by atoms with Gasteiger partial charge in [-0.2, -0.15) is 0 Å². The lowest BCUT2D eigenvalue weighted by Crippen LogP contribution is -2.45. The summed E-state index contributed by atoms with van der Waals surface area (Å²) < 4.78 is 0. The van der Waals surface area contributed by atoms with E-state index in [2.05, 4.69) is 39.6 Å². The Labute approximate surface area is 175 Å². The van der Waals surface area contributed by atoms with Crippen LogP contribution in [0, 0.1) is 11.8 Å². The molecule has 2 fully saturated rings. The highest BCUT2D eigenvalue weighted by molar-refractivity contribution is 5.85. The highest BCUT2D eigenvalue weighted by Gasteiger charge is 2.24. The molecule has 5 nitrogen and oxygen atoms in total. The second kappa shape index (κ2) is 12.6. The van der Waals surface area contributed by atoms with E-state index >= 15 is 0 Å². The zero-order valence-electron chi connectivity index (χ0n) is 16.2. The maximum absolute atomic E-state index is 12.4. The summed E-state index contributed by atoms with van der Waals surface area (Å²) in [6.45, 7) is 7.52. The lowest BCUT2D eigenvalue weighted by Gasteiger charge is -2.33. The second-order valence-corrected chi connectivity index (χ2v) is 7.76. The molecule has 1 aromatic rings. The van der Waals surface area contributed by atoms with Gasteiger partial charge in [-0.25, -0.2) is 0 Å². The first-order valence-electron chi connectivity index (χ1n) is 9.82. The molecule has 1 aromatic heterocycles. The molecule has 2 aliphatic heterocycles. The average molecular weight is 417 g/mol. The van der Waals surface area contributed by atoms with E-state index in [4.69, 9.17) is 0 Å². The molecule has 2 saturated heterocycles. The fraction of sp³-hybridized carbons (Fsp3) is 0.700. The van der Waals surface area contributed by atoms with Crippen molar-refractivity contribution in [1.82, 2.24) is 20.5 Å². The third-order valence-corrected chi connectivity index (χ3v) is 5.76. The Bertz CT molecular complexity index is 532. The number of hydrogen-bond acceptors (Lipinski definition) is 4. The van der Waals surface area contributed by atoms with Gasteiger partial charge in [-0.15, -0.1) is 24.8 Å². The van der Waals surface area contributed by atoms with E-state index in [1.165, 1.54) is 18.4 Å². The molecule has 0 spiro atoms. The van der Waals surface area contributed by atoms with Gasteiger partial charge < -0.3 is 10.6 Å². The van der Waals surface area contributed by atoms with Gasteiger partial charge in [0.15, 0.2) is 0 Å². The lowest BCUT2D eigenvalue weighted by atomic mass is 9.85. The number of nitrogens with zero attached hydrogens (tertiary/aromatic N) is 2. The summed E-state index contributed by atoms with van der Waals surface area (Å²) in [4.78, 5) is 18.9. The average Bonchev–Trinajstić information content (AvgIpc) is 2.65. The molecule has 0 aromatic carbocycles. The monoisotopic (exact) mass is 416 g/mol. The van der Waals surface area contributed by atoms with Crippen molar-refractivity contribution >= 4 is 30.7 Å². The number of halogens is 2. The maximum Gasteiger partial charge on any atom is 0.220 e. The van der Waals surface area contributed by atoms with Crippen molar-refractivity contribution in [1.29, 1.82) is 0 Å². The molecule has 0 radical (unpaired) electrons. The van der Waals surface area contributed by atoms with Crippen LogP contribution in [-0.4, -0.2) is 48.0 Å². The Balaban J connectivity index is 0.00000182. The normalized spacial score (nSPS) is 22.2. The fourth-order valence-electron chi connectivity index (χ4n) is 4.09. The number of carbonyl (C=O) groups excluding carboxylic acids is 1. The molecule has 1 amide bonds. The lowest BCUT2D eigenvalue weighted by molar-refractivity contribution is -0.123. The molecule has 2 N–H and O–H groups in total. The third-order valence-electron chi connectivity index (χ3n) is 5.76. The van der Waals surface area contributed by atoms with Crippen LogP contribution in [0.1, 0.15) is 44.6 Å². The zero-order chi connectivity index (χ0) is 17.5. The van der Waals surface area contributed by atoms with Crippen LogP contribution in [0.15, 0.2) is 24.5 Å². The summed E-state index contributed by atoms with van der Waals surface area (Å²) in [5.41, 5.74) is 1.31. The number of rotatable bonds is 6. The standard InChI is InChI=1S/C20H32N4O.2ClH/c1-16(18-3-2-8-22-14-18)13-20(25)23-19-6-11-24(12-7-19)15-17-4-9-21-10-5-17;;/h4-5,9-10,16,18-19,22H,2-3,6-8,11-15H2,1H3,(H,23,25);2*1H. The maximum atomic E-state index is 12.4. The quantitative estimate of drug-likeness (QED) is 0.747. The molecular formula is C20H34Cl2N4O.